The first-order valence-corrected chi connectivity index (χ1v) is 7.34. The molecule has 0 spiro atoms. The monoisotopic (exact) mass is 281 g/mol. The molecule has 19 heavy (non-hydrogen) atoms. The highest BCUT2D eigenvalue weighted by Gasteiger charge is 2.21. The van der Waals surface area contributed by atoms with Crippen LogP contribution in [-0.4, -0.2) is 11.9 Å². The van der Waals surface area contributed by atoms with Gasteiger partial charge in [0.05, 0.1) is 0 Å². The fraction of sp³-hybridized carbons (Fsp3) is 0.533. The van der Waals surface area contributed by atoms with Crippen LogP contribution in [0.25, 0.3) is 0 Å². The van der Waals surface area contributed by atoms with Crippen LogP contribution in [-0.2, 0) is 0 Å². The Hall–Kier alpha value is -1.03. The third-order valence-corrected chi connectivity index (χ3v) is 4.31. The average molecular weight is 281 g/mol. The van der Waals surface area contributed by atoms with Crippen molar-refractivity contribution < 1.29 is 9.18 Å². The van der Waals surface area contributed by atoms with Gasteiger partial charge in [0.25, 0.3) is 5.91 Å². The summed E-state index contributed by atoms with van der Waals surface area (Å²) in [7, 11) is 0. The maximum atomic E-state index is 13.1. The number of thiol groups is 1. The summed E-state index contributed by atoms with van der Waals surface area (Å²) in [6, 6.07) is 4.52. The van der Waals surface area contributed by atoms with Crippen LogP contribution in [0.15, 0.2) is 23.1 Å². The molecule has 1 amide bonds. The molecule has 2 rings (SSSR count). The molecule has 4 heteroatoms. The van der Waals surface area contributed by atoms with Gasteiger partial charge in [0.1, 0.15) is 5.82 Å². The molecule has 1 aromatic rings. The highest BCUT2D eigenvalue weighted by Crippen LogP contribution is 2.26. The molecule has 0 unspecified atom stereocenters. The van der Waals surface area contributed by atoms with Crippen molar-refractivity contribution in [2.75, 3.05) is 0 Å². The van der Waals surface area contributed by atoms with Crippen molar-refractivity contribution in [3.63, 3.8) is 0 Å². The van der Waals surface area contributed by atoms with Crippen LogP contribution in [0.2, 0.25) is 0 Å². The Labute approximate surface area is 119 Å². The largest absolute Gasteiger partial charge is 0.349 e. The predicted octanol–water partition coefficient (Wildman–Crippen LogP) is 3.81. The number of hydrogen-bond donors (Lipinski definition) is 2. The Morgan fingerprint density at radius 1 is 1.37 bits per heavy atom. The SMILES string of the molecule is CCC1CCC(NC(=O)c2ccc(F)c(S)c2)CC1. The van der Waals surface area contributed by atoms with Crippen molar-refractivity contribution in [1.82, 2.24) is 5.32 Å². The van der Waals surface area contributed by atoms with E-state index in [9.17, 15) is 9.18 Å². The predicted molar refractivity (Wildman–Crippen MR) is 77.2 cm³/mol. The minimum atomic E-state index is -0.400. The van der Waals surface area contributed by atoms with E-state index in [1.165, 1.54) is 37.5 Å². The maximum Gasteiger partial charge on any atom is 0.251 e. The third kappa shape index (κ3) is 3.72. The number of carbonyl (C=O) groups is 1. The second-order valence-electron chi connectivity index (χ2n) is 5.27. The van der Waals surface area contributed by atoms with Gasteiger partial charge in [-0.25, -0.2) is 4.39 Å². The molecule has 0 aliphatic heterocycles. The van der Waals surface area contributed by atoms with Crippen molar-refractivity contribution in [3.8, 4) is 0 Å². The molecule has 0 heterocycles. The van der Waals surface area contributed by atoms with E-state index in [-0.39, 0.29) is 16.8 Å². The molecule has 1 aliphatic rings. The van der Waals surface area contributed by atoms with E-state index in [1.54, 1.807) is 0 Å². The summed E-state index contributed by atoms with van der Waals surface area (Å²) in [6.07, 6.45) is 5.67. The van der Waals surface area contributed by atoms with Gasteiger partial charge in [0, 0.05) is 16.5 Å². The summed E-state index contributed by atoms with van der Waals surface area (Å²) >= 11 is 4.00. The highest BCUT2D eigenvalue weighted by molar-refractivity contribution is 7.80. The van der Waals surface area contributed by atoms with E-state index in [1.807, 2.05) is 0 Å². The highest BCUT2D eigenvalue weighted by atomic mass is 32.1. The first-order valence-electron chi connectivity index (χ1n) is 6.89. The molecule has 0 atom stereocenters. The average Bonchev–Trinajstić information content (AvgIpc) is 2.42. The lowest BCUT2D eigenvalue weighted by molar-refractivity contribution is 0.0921. The number of hydrogen-bond acceptors (Lipinski definition) is 2. The first kappa shape index (κ1) is 14.4. The van der Waals surface area contributed by atoms with Gasteiger partial charge in [-0.2, -0.15) is 0 Å². The van der Waals surface area contributed by atoms with Gasteiger partial charge in [-0.1, -0.05) is 13.3 Å². The molecule has 0 radical (unpaired) electrons. The van der Waals surface area contributed by atoms with Gasteiger partial charge in [-0.15, -0.1) is 12.6 Å². The van der Waals surface area contributed by atoms with E-state index in [0.29, 0.717) is 5.56 Å². The number of rotatable bonds is 3. The minimum Gasteiger partial charge on any atom is -0.349 e. The molecular weight excluding hydrogens is 261 g/mol. The van der Waals surface area contributed by atoms with E-state index in [0.717, 1.165) is 18.8 Å². The first-order chi connectivity index (χ1) is 9.10. The van der Waals surface area contributed by atoms with Gasteiger partial charge >= 0.3 is 0 Å². The molecule has 0 aromatic heterocycles. The van der Waals surface area contributed by atoms with Gasteiger partial charge in [-0.3, -0.25) is 4.79 Å². The van der Waals surface area contributed by atoms with Crippen molar-refractivity contribution >= 4 is 18.5 Å². The molecule has 0 saturated heterocycles. The smallest absolute Gasteiger partial charge is 0.251 e. The van der Waals surface area contributed by atoms with E-state index < -0.39 is 5.82 Å². The fourth-order valence-corrected chi connectivity index (χ4v) is 2.85. The zero-order chi connectivity index (χ0) is 13.8. The van der Waals surface area contributed by atoms with Gasteiger partial charge in [0.15, 0.2) is 0 Å². The lowest BCUT2D eigenvalue weighted by atomic mass is 9.84. The molecule has 1 aromatic carbocycles. The summed E-state index contributed by atoms with van der Waals surface area (Å²) in [4.78, 5) is 12.3. The fourth-order valence-electron chi connectivity index (χ4n) is 2.64. The van der Waals surface area contributed by atoms with Crippen LogP contribution in [0.1, 0.15) is 49.4 Å². The molecule has 1 aliphatic carbocycles. The zero-order valence-corrected chi connectivity index (χ0v) is 12.1. The van der Waals surface area contributed by atoms with E-state index in [4.69, 9.17) is 0 Å². The summed E-state index contributed by atoms with van der Waals surface area (Å²) < 4.78 is 13.1. The second-order valence-corrected chi connectivity index (χ2v) is 5.75. The summed E-state index contributed by atoms with van der Waals surface area (Å²) in [5.74, 6) is 0.279. The minimum absolute atomic E-state index is 0.129. The Kier molecular flexibility index (Phi) is 4.86. The van der Waals surface area contributed by atoms with Crippen LogP contribution in [0.5, 0.6) is 0 Å². The van der Waals surface area contributed by atoms with Crippen LogP contribution in [0.3, 0.4) is 0 Å². The molecule has 1 fully saturated rings. The van der Waals surface area contributed by atoms with E-state index >= 15 is 0 Å². The van der Waals surface area contributed by atoms with Crippen molar-refractivity contribution in [2.24, 2.45) is 5.92 Å². The Morgan fingerprint density at radius 2 is 2.05 bits per heavy atom. The lowest BCUT2D eigenvalue weighted by Gasteiger charge is -2.28. The number of carbonyl (C=O) groups excluding carboxylic acids is 1. The van der Waals surface area contributed by atoms with Gasteiger partial charge in [-0.05, 0) is 49.8 Å². The molecule has 1 saturated carbocycles. The number of nitrogens with one attached hydrogen (secondary N) is 1. The van der Waals surface area contributed by atoms with Crippen LogP contribution < -0.4 is 5.32 Å². The zero-order valence-electron chi connectivity index (χ0n) is 11.2. The number of benzene rings is 1. The van der Waals surface area contributed by atoms with Gasteiger partial charge in [0.2, 0.25) is 0 Å². The summed E-state index contributed by atoms with van der Waals surface area (Å²) in [5.41, 5.74) is 0.476. The lowest BCUT2D eigenvalue weighted by Crippen LogP contribution is -2.37. The van der Waals surface area contributed by atoms with Crippen LogP contribution in [0, 0.1) is 11.7 Å². The second kappa shape index (κ2) is 6.42. The number of halogens is 1. The van der Waals surface area contributed by atoms with Crippen molar-refractivity contribution in [2.45, 2.75) is 50.0 Å². The Morgan fingerprint density at radius 3 is 2.63 bits per heavy atom. The van der Waals surface area contributed by atoms with Crippen LogP contribution >= 0.6 is 12.6 Å². The molecule has 104 valence electrons. The van der Waals surface area contributed by atoms with Gasteiger partial charge < -0.3 is 5.32 Å². The molecular formula is C15H20FNOS. The Bertz CT molecular complexity index is 455. The maximum absolute atomic E-state index is 13.1. The van der Waals surface area contributed by atoms with E-state index in [2.05, 4.69) is 24.9 Å². The molecule has 0 bridgehead atoms. The van der Waals surface area contributed by atoms with Crippen molar-refractivity contribution in [3.05, 3.63) is 29.6 Å². The molecule has 2 nitrogen and oxygen atoms in total. The topological polar surface area (TPSA) is 29.1 Å². The standard InChI is InChI=1S/C15H20FNOS/c1-2-10-3-6-12(7-4-10)17-15(18)11-5-8-13(16)14(19)9-11/h5,8-10,12,19H,2-4,6-7H2,1H3,(H,17,18). The third-order valence-electron chi connectivity index (χ3n) is 3.97. The normalized spacial score (nSPS) is 23.1. The van der Waals surface area contributed by atoms with Crippen molar-refractivity contribution in [1.29, 1.82) is 0 Å². The Balaban J connectivity index is 1.92. The quantitative estimate of drug-likeness (QED) is 0.810. The number of amides is 1. The summed E-state index contributed by atoms with van der Waals surface area (Å²) in [5, 5.41) is 3.03. The molecule has 1 N–H and O–H groups in total. The summed E-state index contributed by atoms with van der Waals surface area (Å²) in [6.45, 7) is 2.22. The van der Waals surface area contributed by atoms with Crippen LogP contribution in [0.4, 0.5) is 4.39 Å².